The number of hydrogen-bond acceptors (Lipinski definition) is 3. The second kappa shape index (κ2) is 7.98. The molecule has 0 aliphatic heterocycles. The van der Waals surface area contributed by atoms with Gasteiger partial charge in [-0.3, -0.25) is 9.59 Å². The lowest BCUT2D eigenvalue weighted by molar-refractivity contribution is -0.138. The smallest absolute Gasteiger partial charge is 0.320 e. The zero-order chi connectivity index (χ0) is 15.9. The number of aliphatic carboxylic acids is 1. The Bertz CT molecular complexity index is 417. The number of carbonyl (C=O) groups excluding carboxylic acids is 1. The van der Waals surface area contributed by atoms with E-state index in [4.69, 9.17) is 10.8 Å². The van der Waals surface area contributed by atoms with Crippen LogP contribution in [0.25, 0.3) is 0 Å². The van der Waals surface area contributed by atoms with Gasteiger partial charge in [-0.05, 0) is 31.6 Å². The van der Waals surface area contributed by atoms with Crippen LogP contribution in [0.15, 0.2) is 24.3 Å². The first-order valence-electron chi connectivity index (χ1n) is 7.47. The first kappa shape index (κ1) is 17.4. The molecule has 0 bridgehead atoms. The van der Waals surface area contributed by atoms with E-state index >= 15 is 0 Å². The summed E-state index contributed by atoms with van der Waals surface area (Å²) in [7, 11) is 0. The van der Waals surface area contributed by atoms with Gasteiger partial charge < -0.3 is 16.2 Å². The molecule has 5 nitrogen and oxygen atoms in total. The summed E-state index contributed by atoms with van der Waals surface area (Å²) in [5, 5.41) is 11.1. The van der Waals surface area contributed by atoms with E-state index in [0.29, 0.717) is 24.8 Å². The van der Waals surface area contributed by atoms with E-state index in [9.17, 15) is 9.59 Å². The lowest BCUT2D eigenvalue weighted by Crippen LogP contribution is -2.30. The van der Waals surface area contributed by atoms with E-state index in [0.717, 1.165) is 12.3 Å². The van der Waals surface area contributed by atoms with Crippen molar-refractivity contribution in [2.24, 2.45) is 17.1 Å². The molecule has 1 fully saturated rings. The van der Waals surface area contributed by atoms with Crippen molar-refractivity contribution >= 4 is 11.9 Å². The predicted octanol–water partition coefficient (Wildman–Crippen LogP) is 1.84. The summed E-state index contributed by atoms with van der Waals surface area (Å²) in [6, 6.07) is -0.780. The molecule has 1 saturated carbocycles. The number of amides is 1. The second-order valence-electron chi connectivity index (χ2n) is 5.86. The maximum Gasteiger partial charge on any atom is 0.320 e. The number of nitrogens with two attached hydrogens (primary N) is 1. The molecule has 0 aromatic heterocycles. The summed E-state index contributed by atoms with van der Waals surface area (Å²) in [5.74, 6) is -0.125. The van der Waals surface area contributed by atoms with Gasteiger partial charge in [0.25, 0.3) is 0 Å². The van der Waals surface area contributed by atoms with Gasteiger partial charge in [-0.2, -0.15) is 0 Å². The predicted molar refractivity (Wildman–Crippen MR) is 82.6 cm³/mol. The molecule has 0 saturated heterocycles. The first-order valence-corrected chi connectivity index (χ1v) is 7.47. The monoisotopic (exact) mass is 294 g/mol. The zero-order valence-electron chi connectivity index (χ0n) is 12.8. The molecule has 0 heterocycles. The van der Waals surface area contributed by atoms with Gasteiger partial charge in [-0.15, -0.1) is 0 Å². The topological polar surface area (TPSA) is 92.4 Å². The van der Waals surface area contributed by atoms with Crippen molar-refractivity contribution in [2.45, 2.75) is 45.6 Å². The fraction of sp³-hybridized carbons (Fsp3) is 0.625. The summed E-state index contributed by atoms with van der Waals surface area (Å²) in [5.41, 5.74) is 5.81. The third-order valence-electron chi connectivity index (χ3n) is 3.97. The number of carboxylic acid groups (broad SMARTS) is 1. The molecule has 2 aliphatic rings. The highest BCUT2D eigenvalue weighted by molar-refractivity contribution is 5.73. The Morgan fingerprint density at radius 2 is 1.95 bits per heavy atom. The van der Waals surface area contributed by atoms with Crippen molar-refractivity contribution in [2.75, 3.05) is 6.54 Å². The molecule has 2 atom stereocenters. The SMILES string of the molecule is CC(=O)NCCCC[C@H](N)C(=O)O.CC1CC12C=CC=C2. The summed E-state index contributed by atoms with van der Waals surface area (Å²) in [6.45, 7) is 4.34. The van der Waals surface area contributed by atoms with Crippen LogP contribution in [-0.2, 0) is 9.59 Å². The van der Waals surface area contributed by atoms with Gasteiger partial charge in [0.15, 0.2) is 0 Å². The largest absolute Gasteiger partial charge is 0.480 e. The number of carboxylic acids is 1. The number of unbranched alkanes of at least 4 members (excludes halogenated alkanes) is 1. The summed E-state index contributed by atoms with van der Waals surface area (Å²) < 4.78 is 0. The lowest BCUT2D eigenvalue weighted by atomic mass is 10.1. The van der Waals surface area contributed by atoms with Gasteiger partial charge in [0.2, 0.25) is 5.91 Å². The van der Waals surface area contributed by atoms with Gasteiger partial charge in [0, 0.05) is 18.9 Å². The van der Waals surface area contributed by atoms with Crippen molar-refractivity contribution < 1.29 is 14.7 Å². The van der Waals surface area contributed by atoms with E-state index in [-0.39, 0.29) is 5.91 Å². The van der Waals surface area contributed by atoms with Gasteiger partial charge in [-0.25, -0.2) is 0 Å². The summed E-state index contributed by atoms with van der Waals surface area (Å²) in [4.78, 5) is 20.7. The van der Waals surface area contributed by atoms with Gasteiger partial charge in [0.1, 0.15) is 6.04 Å². The number of carbonyl (C=O) groups is 2. The fourth-order valence-electron chi connectivity index (χ4n) is 2.34. The van der Waals surface area contributed by atoms with Crippen LogP contribution in [0.1, 0.15) is 39.5 Å². The van der Waals surface area contributed by atoms with E-state index in [1.165, 1.54) is 13.3 Å². The summed E-state index contributed by atoms with van der Waals surface area (Å²) in [6.07, 6.45) is 12.3. The molecule has 118 valence electrons. The minimum Gasteiger partial charge on any atom is -0.480 e. The lowest BCUT2D eigenvalue weighted by Gasteiger charge is -2.05. The van der Waals surface area contributed by atoms with Crippen LogP contribution in [0.5, 0.6) is 0 Å². The average molecular weight is 294 g/mol. The third kappa shape index (κ3) is 6.12. The molecular weight excluding hydrogens is 268 g/mol. The average Bonchev–Trinajstić information content (AvgIpc) is 2.83. The standard InChI is InChI=1S/C8H16N2O3.C8H10/c1-6(11)10-5-3-2-4-7(9)8(12)13;1-7-6-8(7)4-2-3-5-8/h7H,2-5,9H2,1H3,(H,10,11)(H,12,13);2-5,7H,6H2,1H3/t7-;/m0./s1. The van der Waals surface area contributed by atoms with Gasteiger partial charge >= 0.3 is 5.97 Å². The minimum absolute atomic E-state index is 0.0671. The Morgan fingerprint density at radius 3 is 2.33 bits per heavy atom. The highest BCUT2D eigenvalue weighted by Gasteiger charge is 2.47. The molecule has 5 heteroatoms. The third-order valence-corrected chi connectivity index (χ3v) is 3.97. The van der Waals surface area contributed by atoms with Crippen LogP contribution >= 0.6 is 0 Å². The summed E-state index contributed by atoms with van der Waals surface area (Å²) >= 11 is 0. The van der Waals surface area contributed by atoms with Crippen molar-refractivity contribution in [1.29, 1.82) is 0 Å². The van der Waals surface area contributed by atoms with Crippen molar-refractivity contribution in [3.63, 3.8) is 0 Å². The molecule has 21 heavy (non-hydrogen) atoms. The molecule has 2 aliphatic carbocycles. The fourth-order valence-corrected chi connectivity index (χ4v) is 2.34. The Balaban J connectivity index is 0.000000230. The number of hydrogen-bond donors (Lipinski definition) is 3. The molecule has 1 unspecified atom stereocenters. The molecule has 1 amide bonds. The number of rotatable bonds is 6. The number of nitrogens with one attached hydrogen (secondary N) is 1. The highest BCUT2D eigenvalue weighted by atomic mass is 16.4. The quantitative estimate of drug-likeness (QED) is 0.652. The van der Waals surface area contributed by atoms with Crippen molar-refractivity contribution in [3.05, 3.63) is 24.3 Å². The van der Waals surface area contributed by atoms with Crippen LogP contribution in [-0.4, -0.2) is 29.6 Å². The molecule has 1 spiro atoms. The van der Waals surface area contributed by atoms with Crippen LogP contribution in [0.2, 0.25) is 0 Å². The van der Waals surface area contributed by atoms with Crippen LogP contribution < -0.4 is 11.1 Å². The Kier molecular flexibility index (Phi) is 6.62. The minimum atomic E-state index is -0.973. The first-order chi connectivity index (χ1) is 9.87. The van der Waals surface area contributed by atoms with E-state index in [1.54, 1.807) is 0 Å². The van der Waals surface area contributed by atoms with Crippen molar-refractivity contribution in [3.8, 4) is 0 Å². The molecule has 2 rings (SSSR count). The molecule has 0 radical (unpaired) electrons. The van der Waals surface area contributed by atoms with Crippen LogP contribution in [0.4, 0.5) is 0 Å². The normalized spacial score (nSPS) is 21.6. The van der Waals surface area contributed by atoms with E-state index in [2.05, 4.69) is 36.5 Å². The maximum absolute atomic E-state index is 10.4. The van der Waals surface area contributed by atoms with Gasteiger partial charge in [0.05, 0.1) is 0 Å². The van der Waals surface area contributed by atoms with Crippen LogP contribution in [0.3, 0.4) is 0 Å². The molecule has 0 aromatic carbocycles. The highest BCUT2D eigenvalue weighted by Crippen LogP contribution is 2.56. The Labute approximate surface area is 126 Å². The maximum atomic E-state index is 10.4. The molecular formula is C16H26N2O3. The molecule has 0 aromatic rings. The van der Waals surface area contributed by atoms with Crippen LogP contribution in [0, 0.1) is 11.3 Å². The van der Waals surface area contributed by atoms with E-state index < -0.39 is 12.0 Å². The number of allylic oxidation sites excluding steroid dienone is 4. The van der Waals surface area contributed by atoms with E-state index in [1.807, 2.05) is 0 Å². The van der Waals surface area contributed by atoms with Gasteiger partial charge in [-0.1, -0.05) is 31.2 Å². The Hall–Kier alpha value is -1.62. The Morgan fingerprint density at radius 1 is 1.38 bits per heavy atom. The second-order valence-corrected chi connectivity index (χ2v) is 5.86. The van der Waals surface area contributed by atoms with Crippen molar-refractivity contribution in [1.82, 2.24) is 5.32 Å². The molecule has 4 N–H and O–H groups in total. The zero-order valence-corrected chi connectivity index (χ0v) is 12.8.